The van der Waals surface area contributed by atoms with Gasteiger partial charge in [-0.2, -0.15) is 10.2 Å². The highest BCUT2D eigenvalue weighted by molar-refractivity contribution is 7.98. The molecular formula is C20H16N6OS2. The van der Waals surface area contributed by atoms with Gasteiger partial charge in [-0.15, -0.1) is 10.2 Å². The number of aromatic nitrogens is 6. The van der Waals surface area contributed by atoms with Gasteiger partial charge in [-0.1, -0.05) is 23.5 Å². The van der Waals surface area contributed by atoms with Crippen LogP contribution >= 0.6 is 23.5 Å². The number of hydrogen-bond donors (Lipinski definition) is 0. The number of hydrogen-bond acceptors (Lipinski definition) is 9. The van der Waals surface area contributed by atoms with E-state index in [4.69, 9.17) is 4.74 Å². The number of thioether (sulfide) groups is 2. The third kappa shape index (κ3) is 4.69. The van der Waals surface area contributed by atoms with Gasteiger partial charge in [0, 0.05) is 11.1 Å². The molecule has 0 N–H and O–H groups in total. The molecule has 0 unspecified atom stereocenters. The first-order chi connectivity index (χ1) is 14.2. The average Bonchev–Trinajstić information content (AvgIpc) is 2.80. The van der Waals surface area contributed by atoms with Gasteiger partial charge >= 0.3 is 0 Å². The molecule has 144 valence electrons. The van der Waals surface area contributed by atoms with Gasteiger partial charge < -0.3 is 4.74 Å². The highest BCUT2D eigenvalue weighted by Gasteiger charge is 2.06. The van der Waals surface area contributed by atoms with Crippen LogP contribution in [0.25, 0.3) is 22.5 Å². The van der Waals surface area contributed by atoms with Crippen LogP contribution in [0, 0.1) is 0 Å². The Labute approximate surface area is 176 Å². The summed E-state index contributed by atoms with van der Waals surface area (Å²) < 4.78 is 5.94. The second-order valence-corrected chi connectivity index (χ2v) is 7.35. The Morgan fingerprint density at radius 3 is 1.41 bits per heavy atom. The van der Waals surface area contributed by atoms with E-state index in [1.54, 1.807) is 12.4 Å². The SMILES string of the molecule is CSc1nncc(-c2ccc(Oc3ccc(-c4cnnc(SC)n4)cc3)cc2)n1. The zero-order chi connectivity index (χ0) is 20.1. The molecule has 0 atom stereocenters. The van der Waals surface area contributed by atoms with Crippen molar-refractivity contribution in [2.24, 2.45) is 0 Å². The maximum absolute atomic E-state index is 5.94. The average molecular weight is 421 g/mol. The van der Waals surface area contributed by atoms with E-state index >= 15 is 0 Å². The summed E-state index contributed by atoms with van der Waals surface area (Å²) in [4.78, 5) is 8.92. The van der Waals surface area contributed by atoms with Crippen LogP contribution in [0.1, 0.15) is 0 Å². The van der Waals surface area contributed by atoms with Crippen molar-refractivity contribution in [1.29, 1.82) is 0 Å². The van der Waals surface area contributed by atoms with Crippen molar-refractivity contribution in [3.63, 3.8) is 0 Å². The van der Waals surface area contributed by atoms with Crippen LogP contribution in [0.4, 0.5) is 0 Å². The first-order valence-electron chi connectivity index (χ1n) is 8.61. The minimum Gasteiger partial charge on any atom is -0.457 e. The van der Waals surface area contributed by atoms with Crippen molar-refractivity contribution in [2.75, 3.05) is 12.5 Å². The molecule has 0 saturated carbocycles. The van der Waals surface area contributed by atoms with E-state index in [1.165, 1.54) is 23.5 Å². The van der Waals surface area contributed by atoms with Crippen molar-refractivity contribution >= 4 is 23.5 Å². The van der Waals surface area contributed by atoms with E-state index in [1.807, 2.05) is 61.0 Å². The molecule has 2 aromatic carbocycles. The lowest BCUT2D eigenvalue weighted by atomic mass is 10.1. The zero-order valence-electron chi connectivity index (χ0n) is 15.7. The van der Waals surface area contributed by atoms with Gasteiger partial charge in [-0.3, -0.25) is 0 Å². The summed E-state index contributed by atoms with van der Waals surface area (Å²) in [6.07, 6.45) is 7.15. The lowest BCUT2D eigenvalue weighted by Crippen LogP contribution is -1.93. The topological polar surface area (TPSA) is 86.6 Å². The zero-order valence-corrected chi connectivity index (χ0v) is 17.3. The van der Waals surface area contributed by atoms with Crippen LogP contribution in [0.15, 0.2) is 71.2 Å². The summed E-state index contributed by atoms with van der Waals surface area (Å²) in [6, 6.07) is 15.4. The molecule has 29 heavy (non-hydrogen) atoms. The highest BCUT2D eigenvalue weighted by atomic mass is 32.2. The standard InChI is InChI=1S/C20H16N6OS2/c1-28-19-23-17(11-21-25-19)13-3-7-15(8-4-13)27-16-9-5-14(6-10-16)18-12-22-26-20(24-18)29-2/h3-12H,1-2H3. The highest BCUT2D eigenvalue weighted by Crippen LogP contribution is 2.27. The maximum Gasteiger partial charge on any atom is 0.209 e. The summed E-state index contributed by atoms with van der Waals surface area (Å²) in [7, 11) is 0. The summed E-state index contributed by atoms with van der Waals surface area (Å²) in [6.45, 7) is 0. The first-order valence-corrected chi connectivity index (χ1v) is 11.1. The van der Waals surface area contributed by atoms with Gasteiger partial charge in [0.15, 0.2) is 0 Å². The van der Waals surface area contributed by atoms with Crippen molar-refractivity contribution in [3.05, 3.63) is 60.9 Å². The van der Waals surface area contributed by atoms with Gasteiger partial charge in [-0.05, 0) is 61.0 Å². The monoisotopic (exact) mass is 420 g/mol. The Morgan fingerprint density at radius 1 is 0.621 bits per heavy atom. The largest absolute Gasteiger partial charge is 0.457 e. The fourth-order valence-corrected chi connectivity index (χ4v) is 3.19. The molecule has 7 nitrogen and oxygen atoms in total. The molecule has 0 aliphatic heterocycles. The fraction of sp³-hybridized carbons (Fsp3) is 0.100. The molecule has 2 heterocycles. The molecule has 9 heteroatoms. The smallest absolute Gasteiger partial charge is 0.209 e. The maximum atomic E-state index is 5.94. The molecule has 2 aromatic heterocycles. The van der Waals surface area contributed by atoms with Crippen LogP contribution < -0.4 is 4.74 Å². The molecule has 4 rings (SSSR count). The Bertz CT molecular complexity index is 1020. The second kappa shape index (κ2) is 8.97. The fourth-order valence-electron chi connectivity index (χ4n) is 2.55. The van der Waals surface area contributed by atoms with Crippen molar-refractivity contribution < 1.29 is 4.74 Å². The van der Waals surface area contributed by atoms with E-state index in [2.05, 4.69) is 30.4 Å². The lowest BCUT2D eigenvalue weighted by molar-refractivity contribution is 0.483. The summed E-state index contributed by atoms with van der Waals surface area (Å²) in [5.41, 5.74) is 3.48. The first kappa shape index (κ1) is 19.3. The number of ether oxygens (including phenoxy) is 1. The molecular weight excluding hydrogens is 404 g/mol. The number of benzene rings is 2. The van der Waals surface area contributed by atoms with Gasteiger partial charge in [0.1, 0.15) is 11.5 Å². The van der Waals surface area contributed by atoms with Gasteiger partial charge in [0.2, 0.25) is 10.3 Å². The third-order valence-electron chi connectivity index (χ3n) is 3.98. The molecule has 0 radical (unpaired) electrons. The molecule has 0 fully saturated rings. The van der Waals surface area contributed by atoms with E-state index in [0.29, 0.717) is 10.3 Å². The van der Waals surface area contributed by atoms with E-state index in [9.17, 15) is 0 Å². The summed E-state index contributed by atoms with van der Waals surface area (Å²) in [5, 5.41) is 17.2. The van der Waals surface area contributed by atoms with Crippen LogP contribution in [-0.4, -0.2) is 42.9 Å². The molecule has 0 aliphatic rings. The molecule has 4 aromatic rings. The third-order valence-corrected chi connectivity index (χ3v) is 5.06. The van der Waals surface area contributed by atoms with Crippen LogP contribution in [0.2, 0.25) is 0 Å². The Balaban J connectivity index is 1.47. The van der Waals surface area contributed by atoms with Crippen LogP contribution in [-0.2, 0) is 0 Å². The van der Waals surface area contributed by atoms with Crippen molar-refractivity contribution in [1.82, 2.24) is 30.4 Å². The minimum atomic E-state index is 0.645. The summed E-state index contributed by atoms with van der Waals surface area (Å²) in [5.74, 6) is 1.48. The Hall–Kier alpha value is -3.04. The lowest BCUT2D eigenvalue weighted by Gasteiger charge is -2.08. The minimum absolute atomic E-state index is 0.645. The molecule has 0 aliphatic carbocycles. The normalized spacial score (nSPS) is 10.7. The van der Waals surface area contributed by atoms with Gasteiger partial charge in [0.25, 0.3) is 0 Å². The molecule has 0 amide bonds. The van der Waals surface area contributed by atoms with E-state index in [0.717, 1.165) is 34.0 Å². The predicted octanol–water partition coefficient (Wildman–Crippen LogP) is 4.63. The quantitative estimate of drug-likeness (QED) is 0.414. The Kier molecular flexibility index (Phi) is 5.97. The number of nitrogens with zero attached hydrogens (tertiary/aromatic N) is 6. The number of rotatable bonds is 6. The van der Waals surface area contributed by atoms with Crippen molar-refractivity contribution in [3.8, 4) is 34.0 Å². The van der Waals surface area contributed by atoms with E-state index in [-0.39, 0.29) is 0 Å². The summed E-state index contributed by atoms with van der Waals surface area (Å²) >= 11 is 2.92. The Morgan fingerprint density at radius 2 is 1.03 bits per heavy atom. The van der Waals surface area contributed by atoms with Gasteiger partial charge in [0.05, 0.1) is 23.8 Å². The van der Waals surface area contributed by atoms with Crippen LogP contribution in [0.3, 0.4) is 0 Å². The van der Waals surface area contributed by atoms with Crippen molar-refractivity contribution in [2.45, 2.75) is 10.3 Å². The molecule has 0 saturated heterocycles. The molecule has 0 bridgehead atoms. The van der Waals surface area contributed by atoms with Gasteiger partial charge in [-0.25, -0.2) is 9.97 Å². The van der Waals surface area contributed by atoms with E-state index < -0.39 is 0 Å². The second-order valence-electron chi connectivity index (χ2n) is 5.81. The predicted molar refractivity (Wildman–Crippen MR) is 114 cm³/mol. The molecule has 0 spiro atoms. The van der Waals surface area contributed by atoms with Crippen LogP contribution in [0.5, 0.6) is 11.5 Å².